The summed E-state index contributed by atoms with van der Waals surface area (Å²) in [6.07, 6.45) is -4.92. The molecule has 3 N–H and O–H groups in total. The molecule has 0 spiro atoms. The summed E-state index contributed by atoms with van der Waals surface area (Å²) in [5, 5.41) is 9.39. The second kappa shape index (κ2) is 6.65. The number of rotatable bonds is 4. The van der Waals surface area contributed by atoms with E-state index < -0.39 is 24.8 Å². The lowest BCUT2D eigenvalue weighted by Gasteiger charge is -2.14. The molecular formula is C10H12ClF4NO2. The first-order valence-corrected chi connectivity index (χ1v) is 4.73. The molecule has 1 atom stereocenters. The Labute approximate surface area is 107 Å². The van der Waals surface area contributed by atoms with Gasteiger partial charge in [-0.1, -0.05) is 0 Å². The van der Waals surface area contributed by atoms with Gasteiger partial charge in [0.1, 0.15) is 11.5 Å². The summed E-state index contributed by atoms with van der Waals surface area (Å²) in [7, 11) is 0. The maximum absolute atomic E-state index is 12.1. The summed E-state index contributed by atoms with van der Waals surface area (Å²) in [5.74, 6) is -0.792. The van der Waals surface area contributed by atoms with Crippen LogP contribution in [0.2, 0.25) is 0 Å². The second-order valence-electron chi connectivity index (χ2n) is 3.35. The maximum atomic E-state index is 12.1. The van der Waals surface area contributed by atoms with Crippen LogP contribution in [0, 0.1) is 0 Å². The van der Waals surface area contributed by atoms with Gasteiger partial charge in [-0.3, -0.25) is 4.39 Å². The summed E-state index contributed by atoms with van der Waals surface area (Å²) in [4.78, 5) is 0. The highest BCUT2D eigenvalue weighted by molar-refractivity contribution is 5.85. The summed E-state index contributed by atoms with van der Waals surface area (Å²) in [6, 6.07) is 2.04. The minimum Gasteiger partial charge on any atom is -0.508 e. The average molecular weight is 290 g/mol. The van der Waals surface area contributed by atoms with Crippen LogP contribution < -0.4 is 10.5 Å². The largest absolute Gasteiger partial charge is 0.573 e. The molecule has 0 aliphatic rings. The molecule has 1 aromatic rings. The molecule has 1 rings (SSSR count). The molecule has 3 nitrogen and oxygen atoms in total. The van der Waals surface area contributed by atoms with Gasteiger partial charge in [0.05, 0.1) is 6.67 Å². The van der Waals surface area contributed by atoms with Crippen LogP contribution in [0.1, 0.15) is 18.0 Å². The van der Waals surface area contributed by atoms with Gasteiger partial charge in [-0.2, -0.15) is 0 Å². The third-order valence-corrected chi connectivity index (χ3v) is 2.05. The molecule has 0 aliphatic carbocycles. The molecule has 0 saturated heterocycles. The van der Waals surface area contributed by atoms with Gasteiger partial charge in [0.2, 0.25) is 0 Å². The van der Waals surface area contributed by atoms with Crippen molar-refractivity contribution in [3.8, 4) is 11.5 Å². The maximum Gasteiger partial charge on any atom is 0.573 e. The topological polar surface area (TPSA) is 55.5 Å². The molecule has 0 heterocycles. The molecule has 0 aliphatic heterocycles. The Morgan fingerprint density at radius 3 is 2.44 bits per heavy atom. The van der Waals surface area contributed by atoms with Crippen molar-refractivity contribution in [3.63, 3.8) is 0 Å². The molecule has 104 valence electrons. The first-order chi connectivity index (χ1) is 7.83. The van der Waals surface area contributed by atoms with Crippen LogP contribution in [0.4, 0.5) is 17.6 Å². The fraction of sp³-hybridized carbons (Fsp3) is 0.400. The molecule has 0 bridgehead atoms. The molecule has 0 amide bonds. The van der Waals surface area contributed by atoms with Crippen LogP contribution in [0.3, 0.4) is 0 Å². The summed E-state index contributed by atoms with van der Waals surface area (Å²) in [5.41, 5.74) is 5.52. The lowest BCUT2D eigenvalue weighted by molar-refractivity contribution is -0.274. The van der Waals surface area contributed by atoms with E-state index in [0.29, 0.717) is 0 Å². The highest BCUT2D eigenvalue weighted by Crippen LogP contribution is 2.31. The number of halogens is 5. The number of benzene rings is 1. The van der Waals surface area contributed by atoms with Crippen LogP contribution in [0.5, 0.6) is 11.5 Å². The minimum atomic E-state index is -4.82. The summed E-state index contributed by atoms with van der Waals surface area (Å²) < 4.78 is 51.6. The van der Waals surface area contributed by atoms with E-state index in [-0.39, 0.29) is 30.1 Å². The van der Waals surface area contributed by atoms with Crippen molar-refractivity contribution >= 4 is 12.4 Å². The number of ether oxygens (including phenoxy) is 1. The second-order valence-corrected chi connectivity index (χ2v) is 3.35. The monoisotopic (exact) mass is 289 g/mol. The summed E-state index contributed by atoms with van der Waals surface area (Å²) in [6.45, 7) is -0.731. The van der Waals surface area contributed by atoms with E-state index in [1.54, 1.807) is 0 Å². The Morgan fingerprint density at radius 1 is 1.33 bits per heavy atom. The van der Waals surface area contributed by atoms with Gasteiger partial charge in [0.15, 0.2) is 0 Å². The van der Waals surface area contributed by atoms with Gasteiger partial charge in [0, 0.05) is 11.6 Å². The molecule has 0 fully saturated rings. The van der Waals surface area contributed by atoms with Crippen LogP contribution >= 0.6 is 12.4 Å². The van der Waals surface area contributed by atoms with E-state index >= 15 is 0 Å². The summed E-state index contributed by atoms with van der Waals surface area (Å²) >= 11 is 0. The van der Waals surface area contributed by atoms with Crippen LogP contribution in [-0.4, -0.2) is 18.1 Å². The van der Waals surface area contributed by atoms with Gasteiger partial charge in [0.25, 0.3) is 0 Å². The van der Waals surface area contributed by atoms with Gasteiger partial charge >= 0.3 is 6.36 Å². The third-order valence-electron chi connectivity index (χ3n) is 2.05. The van der Waals surface area contributed by atoms with Gasteiger partial charge in [-0.05, 0) is 24.6 Å². The number of phenols is 1. The number of alkyl halides is 4. The van der Waals surface area contributed by atoms with Crippen molar-refractivity contribution in [2.75, 3.05) is 6.67 Å². The molecule has 0 radical (unpaired) electrons. The molecular weight excluding hydrogens is 278 g/mol. The normalized spacial score (nSPS) is 12.7. The Morgan fingerprint density at radius 2 is 1.94 bits per heavy atom. The number of nitrogens with two attached hydrogens (primary N) is 1. The lowest BCUT2D eigenvalue weighted by Crippen LogP contribution is -2.18. The molecule has 0 saturated carbocycles. The molecule has 0 aromatic heterocycles. The average Bonchev–Trinajstić information content (AvgIpc) is 2.19. The molecule has 1 aromatic carbocycles. The third kappa shape index (κ3) is 4.97. The Kier molecular flexibility index (Phi) is 6.20. The lowest BCUT2D eigenvalue weighted by atomic mass is 10.0. The van der Waals surface area contributed by atoms with Crippen LogP contribution in [0.25, 0.3) is 0 Å². The number of aromatic hydroxyl groups is 1. The van der Waals surface area contributed by atoms with Crippen LogP contribution in [-0.2, 0) is 0 Å². The zero-order valence-corrected chi connectivity index (χ0v) is 9.89. The van der Waals surface area contributed by atoms with E-state index in [1.165, 1.54) is 0 Å². The Hall–Kier alpha value is -1.21. The highest BCUT2D eigenvalue weighted by Gasteiger charge is 2.31. The fourth-order valence-electron chi connectivity index (χ4n) is 1.30. The molecule has 18 heavy (non-hydrogen) atoms. The smallest absolute Gasteiger partial charge is 0.508 e. The van der Waals surface area contributed by atoms with E-state index in [0.717, 1.165) is 18.2 Å². The molecule has 8 heteroatoms. The van der Waals surface area contributed by atoms with Crippen molar-refractivity contribution in [1.29, 1.82) is 0 Å². The molecule has 0 unspecified atom stereocenters. The van der Waals surface area contributed by atoms with Gasteiger partial charge < -0.3 is 15.6 Å². The van der Waals surface area contributed by atoms with Gasteiger partial charge in [-0.15, -0.1) is 25.6 Å². The first kappa shape index (κ1) is 16.8. The van der Waals surface area contributed by atoms with E-state index in [9.17, 15) is 22.7 Å². The van der Waals surface area contributed by atoms with Crippen molar-refractivity contribution in [3.05, 3.63) is 23.8 Å². The predicted molar refractivity (Wildman–Crippen MR) is 59.6 cm³/mol. The van der Waals surface area contributed by atoms with Crippen molar-refractivity contribution in [1.82, 2.24) is 0 Å². The standard InChI is InChI=1S/C10H11F4NO2.ClH/c11-4-3-8(15)7-5-6(1-2-9(7)16)17-10(12,13)14;/h1-2,5,8,16H,3-4,15H2;1H/t8-;/m0./s1. The predicted octanol–water partition coefficient (Wildman–Crippen LogP) is 3.07. The number of phenolic OH excluding ortho intramolecular Hbond substituents is 1. The van der Waals surface area contributed by atoms with E-state index in [4.69, 9.17) is 5.73 Å². The number of hydrogen-bond acceptors (Lipinski definition) is 3. The quantitative estimate of drug-likeness (QED) is 0.838. The Balaban J connectivity index is 0.00000289. The van der Waals surface area contributed by atoms with Crippen molar-refractivity contribution < 1.29 is 27.4 Å². The van der Waals surface area contributed by atoms with E-state index in [1.807, 2.05) is 0 Å². The first-order valence-electron chi connectivity index (χ1n) is 4.73. The van der Waals surface area contributed by atoms with Crippen molar-refractivity contribution in [2.45, 2.75) is 18.8 Å². The zero-order chi connectivity index (χ0) is 13.1. The fourth-order valence-corrected chi connectivity index (χ4v) is 1.30. The zero-order valence-electron chi connectivity index (χ0n) is 9.08. The van der Waals surface area contributed by atoms with E-state index in [2.05, 4.69) is 4.74 Å². The van der Waals surface area contributed by atoms with Crippen LogP contribution in [0.15, 0.2) is 18.2 Å². The Bertz CT molecular complexity index is 387. The SMILES string of the molecule is Cl.N[C@@H](CCF)c1cc(OC(F)(F)F)ccc1O. The highest BCUT2D eigenvalue weighted by atomic mass is 35.5. The van der Waals surface area contributed by atoms with Gasteiger partial charge in [-0.25, -0.2) is 0 Å². The number of hydrogen-bond donors (Lipinski definition) is 2. The van der Waals surface area contributed by atoms with Crippen molar-refractivity contribution in [2.24, 2.45) is 5.73 Å². The minimum absolute atomic E-state index is 0.